The number of hydrogen-bond acceptors (Lipinski definition) is 4. The molecule has 1 N–H and O–H groups in total. The standard InChI is InChI=1S/C10H15NO3S/c1-2-3-4-10(12)7-9-8-15(13,14)6-5-11-9/h1,9,11H,3-8H2. The van der Waals surface area contributed by atoms with Crippen LogP contribution in [-0.4, -0.2) is 38.3 Å². The zero-order valence-corrected chi connectivity index (χ0v) is 9.35. The van der Waals surface area contributed by atoms with Crippen molar-refractivity contribution in [3.63, 3.8) is 0 Å². The summed E-state index contributed by atoms with van der Waals surface area (Å²) in [6, 6.07) is -0.228. The largest absolute Gasteiger partial charge is 0.312 e. The van der Waals surface area contributed by atoms with E-state index in [0.29, 0.717) is 19.4 Å². The van der Waals surface area contributed by atoms with Gasteiger partial charge in [0.25, 0.3) is 0 Å². The van der Waals surface area contributed by atoms with Crippen LogP contribution in [0.1, 0.15) is 19.3 Å². The molecule has 1 rings (SSSR count). The molecular weight excluding hydrogens is 214 g/mol. The lowest BCUT2D eigenvalue weighted by molar-refractivity contribution is -0.119. The highest BCUT2D eigenvalue weighted by Crippen LogP contribution is 2.07. The van der Waals surface area contributed by atoms with E-state index in [-0.39, 0.29) is 29.8 Å². The molecule has 0 aliphatic carbocycles. The molecule has 0 saturated carbocycles. The van der Waals surface area contributed by atoms with Gasteiger partial charge in [0.05, 0.1) is 11.5 Å². The second-order valence-electron chi connectivity index (χ2n) is 3.71. The lowest BCUT2D eigenvalue weighted by Gasteiger charge is -2.22. The van der Waals surface area contributed by atoms with Crippen LogP contribution in [0.4, 0.5) is 0 Å². The Balaban J connectivity index is 2.39. The fraction of sp³-hybridized carbons (Fsp3) is 0.700. The third-order valence-corrected chi connectivity index (χ3v) is 4.06. The molecule has 0 spiro atoms. The van der Waals surface area contributed by atoms with E-state index in [1.165, 1.54) is 0 Å². The summed E-state index contributed by atoms with van der Waals surface area (Å²) < 4.78 is 22.5. The van der Waals surface area contributed by atoms with E-state index in [1.807, 2.05) is 0 Å². The Bertz CT molecular complexity index is 367. The van der Waals surface area contributed by atoms with Gasteiger partial charge < -0.3 is 5.32 Å². The molecule has 5 heteroatoms. The summed E-state index contributed by atoms with van der Waals surface area (Å²) in [6.45, 7) is 0.440. The first-order chi connectivity index (χ1) is 7.03. The third kappa shape index (κ3) is 4.45. The minimum Gasteiger partial charge on any atom is -0.312 e. The van der Waals surface area contributed by atoms with Gasteiger partial charge in [0.1, 0.15) is 5.78 Å². The highest BCUT2D eigenvalue weighted by Gasteiger charge is 2.25. The summed E-state index contributed by atoms with van der Waals surface area (Å²) in [5.74, 6) is 2.66. The molecule has 4 nitrogen and oxygen atoms in total. The lowest BCUT2D eigenvalue weighted by Crippen LogP contribution is -2.45. The Morgan fingerprint density at radius 2 is 2.27 bits per heavy atom. The number of ketones is 1. The normalized spacial score (nSPS) is 24.3. The monoisotopic (exact) mass is 229 g/mol. The minimum atomic E-state index is -2.95. The molecule has 0 aromatic rings. The quantitative estimate of drug-likeness (QED) is 0.675. The molecule has 1 aliphatic heterocycles. The molecule has 0 radical (unpaired) electrons. The van der Waals surface area contributed by atoms with Crippen molar-refractivity contribution in [2.75, 3.05) is 18.1 Å². The van der Waals surface area contributed by atoms with E-state index in [4.69, 9.17) is 6.42 Å². The van der Waals surface area contributed by atoms with Crippen LogP contribution in [0.3, 0.4) is 0 Å². The Hall–Kier alpha value is -0.860. The van der Waals surface area contributed by atoms with Gasteiger partial charge in [-0.2, -0.15) is 0 Å². The highest BCUT2D eigenvalue weighted by atomic mass is 32.2. The Morgan fingerprint density at radius 1 is 1.53 bits per heavy atom. The highest BCUT2D eigenvalue weighted by molar-refractivity contribution is 7.91. The molecule has 15 heavy (non-hydrogen) atoms. The van der Waals surface area contributed by atoms with E-state index < -0.39 is 9.84 Å². The van der Waals surface area contributed by atoms with Crippen LogP contribution in [0, 0.1) is 12.3 Å². The van der Waals surface area contributed by atoms with Crippen molar-refractivity contribution < 1.29 is 13.2 Å². The van der Waals surface area contributed by atoms with Gasteiger partial charge in [-0.05, 0) is 0 Å². The van der Waals surface area contributed by atoms with Crippen molar-refractivity contribution in [1.82, 2.24) is 5.32 Å². The van der Waals surface area contributed by atoms with Crippen LogP contribution in [0.25, 0.3) is 0 Å². The summed E-state index contributed by atoms with van der Waals surface area (Å²) >= 11 is 0. The number of carbonyl (C=O) groups excluding carboxylic acids is 1. The van der Waals surface area contributed by atoms with E-state index in [0.717, 1.165) is 0 Å². The number of hydrogen-bond donors (Lipinski definition) is 1. The molecule has 1 saturated heterocycles. The number of carbonyl (C=O) groups is 1. The number of sulfone groups is 1. The number of Topliss-reactive ketones (excluding diaryl/α,β-unsaturated/α-hetero) is 1. The van der Waals surface area contributed by atoms with Crippen LogP contribution in [-0.2, 0) is 14.6 Å². The molecule has 0 bridgehead atoms. The first-order valence-electron chi connectivity index (χ1n) is 4.92. The zero-order valence-electron chi connectivity index (χ0n) is 8.53. The predicted molar refractivity (Wildman–Crippen MR) is 58.1 cm³/mol. The first kappa shape index (κ1) is 12.2. The minimum absolute atomic E-state index is 0.0301. The summed E-state index contributed by atoms with van der Waals surface area (Å²) in [6.07, 6.45) is 6.07. The summed E-state index contributed by atoms with van der Waals surface area (Å²) in [5.41, 5.74) is 0. The van der Waals surface area contributed by atoms with Gasteiger partial charge in [-0.25, -0.2) is 8.42 Å². The van der Waals surface area contributed by atoms with Crippen LogP contribution >= 0.6 is 0 Å². The maximum Gasteiger partial charge on any atom is 0.153 e. The van der Waals surface area contributed by atoms with Gasteiger partial charge >= 0.3 is 0 Å². The molecule has 1 fully saturated rings. The molecule has 0 amide bonds. The van der Waals surface area contributed by atoms with Crippen molar-refractivity contribution in [2.45, 2.75) is 25.3 Å². The summed E-state index contributed by atoms with van der Waals surface area (Å²) in [7, 11) is -2.95. The number of rotatable bonds is 4. The number of terminal acetylenes is 1. The Morgan fingerprint density at radius 3 is 2.87 bits per heavy atom. The molecule has 1 atom stereocenters. The molecule has 0 aromatic carbocycles. The van der Waals surface area contributed by atoms with Gasteiger partial charge in [-0.1, -0.05) is 0 Å². The van der Waals surface area contributed by atoms with Gasteiger partial charge in [0, 0.05) is 31.8 Å². The number of nitrogens with one attached hydrogen (secondary N) is 1. The van der Waals surface area contributed by atoms with Gasteiger partial charge in [0.15, 0.2) is 9.84 Å². The smallest absolute Gasteiger partial charge is 0.153 e. The summed E-state index contributed by atoms with van der Waals surface area (Å²) in [5, 5.41) is 3.03. The Labute approximate surface area is 90.4 Å². The van der Waals surface area contributed by atoms with Crippen LogP contribution in [0.15, 0.2) is 0 Å². The average Bonchev–Trinajstić information content (AvgIpc) is 2.13. The van der Waals surface area contributed by atoms with E-state index >= 15 is 0 Å². The predicted octanol–water partition coefficient (Wildman–Crippen LogP) is -0.254. The van der Waals surface area contributed by atoms with Crippen LogP contribution < -0.4 is 5.32 Å². The molecule has 1 heterocycles. The van der Waals surface area contributed by atoms with Crippen molar-refractivity contribution in [3.8, 4) is 12.3 Å². The van der Waals surface area contributed by atoms with Crippen molar-refractivity contribution in [2.24, 2.45) is 0 Å². The molecule has 84 valence electrons. The Kier molecular flexibility index (Phi) is 4.30. The van der Waals surface area contributed by atoms with E-state index in [1.54, 1.807) is 0 Å². The molecule has 0 aromatic heterocycles. The maximum atomic E-state index is 11.4. The average molecular weight is 229 g/mol. The summed E-state index contributed by atoms with van der Waals surface area (Å²) in [4.78, 5) is 11.4. The molecule has 1 unspecified atom stereocenters. The first-order valence-corrected chi connectivity index (χ1v) is 6.74. The third-order valence-electron chi connectivity index (χ3n) is 2.32. The van der Waals surface area contributed by atoms with Gasteiger partial charge in [-0.3, -0.25) is 4.79 Å². The van der Waals surface area contributed by atoms with Crippen molar-refractivity contribution in [3.05, 3.63) is 0 Å². The maximum absolute atomic E-state index is 11.4. The van der Waals surface area contributed by atoms with Crippen LogP contribution in [0.2, 0.25) is 0 Å². The lowest BCUT2D eigenvalue weighted by atomic mass is 10.1. The molecule has 1 aliphatic rings. The second-order valence-corrected chi connectivity index (χ2v) is 5.94. The van der Waals surface area contributed by atoms with E-state index in [2.05, 4.69) is 11.2 Å². The van der Waals surface area contributed by atoms with Crippen LogP contribution in [0.5, 0.6) is 0 Å². The SMILES string of the molecule is C#CCCC(=O)CC1CS(=O)(=O)CCN1. The second kappa shape index (κ2) is 5.29. The molecular formula is C10H15NO3S. The zero-order chi connectivity index (χ0) is 11.3. The van der Waals surface area contributed by atoms with E-state index in [9.17, 15) is 13.2 Å². The van der Waals surface area contributed by atoms with Gasteiger partial charge in [0.2, 0.25) is 0 Å². The van der Waals surface area contributed by atoms with Crippen molar-refractivity contribution in [1.29, 1.82) is 0 Å². The van der Waals surface area contributed by atoms with Crippen molar-refractivity contribution >= 4 is 15.6 Å². The topological polar surface area (TPSA) is 63.2 Å². The van der Waals surface area contributed by atoms with Gasteiger partial charge in [-0.15, -0.1) is 12.3 Å². The fourth-order valence-electron chi connectivity index (χ4n) is 1.59. The fourth-order valence-corrected chi connectivity index (χ4v) is 3.03.